The first-order chi connectivity index (χ1) is 14.7. The third kappa shape index (κ3) is 4.09. The second kappa shape index (κ2) is 8.63. The number of aromatic nitrogens is 1. The molecule has 0 saturated carbocycles. The van der Waals surface area contributed by atoms with E-state index in [1.54, 1.807) is 6.20 Å². The molecule has 0 radical (unpaired) electrons. The van der Waals surface area contributed by atoms with E-state index in [-0.39, 0.29) is 13.0 Å². The lowest BCUT2D eigenvalue weighted by Crippen LogP contribution is -2.45. The molecule has 30 heavy (non-hydrogen) atoms. The number of benzene rings is 2. The van der Waals surface area contributed by atoms with Gasteiger partial charge in [-0.25, -0.2) is 9.69 Å². The standard InChI is InChI=1S/C22H19N5O3/c23-26-25-20(13-16-8-9-19-17(11-16)7-4-10-24-19)21(28)27-18(14-30-22(27)29)12-15-5-2-1-3-6-15/h1-11,18,20H,12-14H2/t18-,20-/m0/s1. The SMILES string of the molecule is [N-]=[N+]=N[C@@H](Cc1ccc2ncccc2c1)C(=O)N1C(=O)OC[C@@H]1Cc1ccccc1. The summed E-state index contributed by atoms with van der Waals surface area (Å²) in [5, 5.41) is 4.61. The lowest BCUT2D eigenvalue weighted by Gasteiger charge is -2.23. The first-order valence-electron chi connectivity index (χ1n) is 9.57. The average Bonchev–Trinajstić information content (AvgIpc) is 3.13. The van der Waals surface area contributed by atoms with Crippen molar-refractivity contribution in [2.75, 3.05) is 6.61 Å². The summed E-state index contributed by atoms with van der Waals surface area (Å²) in [6.45, 7) is 0.115. The van der Waals surface area contributed by atoms with E-state index in [9.17, 15) is 9.59 Å². The summed E-state index contributed by atoms with van der Waals surface area (Å²) in [7, 11) is 0. The van der Waals surface area contributed by atoms with Crippen LogP contribution in [0.2, 0.25) is 0 Å². The van der Waals surface area contributed by atoms with Gasteiger partial charge in [0.1, 0.15) is 12.6 Å². The molecular formula is C22H19N5O3. The molecule has 0 bridgehead atoms. The molecule has 2 aromatic carbocycles. The largest absolute Gasteiger partial charge is 0.447 e. The van der Waals surface area contributed by atoms with Crippen LogP contribution >= 0.6 is 0 Å². The van der Waals surface area contributed by atoms with E-state index in [1.165, 1.54) is 0 Å². The van der Waals surface area contributed by atoms with Crippen molar-refractivity contribution < 1.29 is 14.3 Å². The molecule has 2 amide bonds. The Bertz CT molecular complexity index is 1130. The maximum absolute atomic E-state index is 13.2. The molecule has 4 rings (SSSR count). The number of rotatable bonds is 6. The van der Waals surface area contributed by atoms with Crippen molar-refractivity contribution in [2.24, 2.45) is 5.11 Å². The number of ether oxygens (including phenoxy) is 1. The van der Waals surface area contributed by atoms with Gasteiger partial charge in [-0.15, -0.1) is 0 Å². The van der Waals surface area contributed by atoms with Crippen LogP contribution in [0.3, 0.4) is 0 Å². The van der Waals surface area contributed by atoms with Crippen molar-refractivity contribution in [3.63, 3.8) is 0 Å². The molecule has 0 aliphatic carbocycles. The van der Waals surface area contributed by atoms with Crippen molar-refractivity contribution in [1.29, 1.82) is 0 Å². The maximum atomic E-state index is 13.2. The summed E-state index contributed by atoms with van der Waals surface area (Å²) in [6, 6.07) is 17.4. The van der Waals surface area contributed by atoms with Gasteiger partial charge in [-0.3, -0.25) is 9.78 Å². The molecular weight excluding hydrogens is 382 g/mol. The van der Waals surface area contributed by atoms with Crippen molar-refractivity contribution in [3.8, 4) is 0 Å². The molecule has 2 heterocycles. The van der Waals surface area contributed by atoms with E-state index >= 15 is 0 Å². The topological polar surface area (TPSA) is 108 Å². The van der Waals surface area contributed by atoms with E-state index in [2.05, 4.69) is 15.0 Å². The minimum absolute atomic E-state index is 0.115. The number of carbonyl (C=O) groups is 2. The molecule has 150 valence electrons. The van der Waals surface area contributed by atoms with Crippen molar-refractivity contribution >= 4 is 22.9 Å². The Hall–Kier alpha value is -3.90. The van der Waals surface area contributed by atoms with Gasteiger partial charge in [0, 0.05) is 16.5 Å². The lowest BCUT2D eigenvalue weighted by molar-refractivity contribution is -0.130. The van der Waals surface area contributed by atoms with E-state index in [0.717, 1.165) is 26.9 Å². The minimum atomic E-state index is -1.05. The van der Waals surface area contributed by atoms with Gasteiger partial charge in [0.15, 0.2) is 0 Å². The third-order valence-electron chi connectivity index (χ3n) is 5.09. The lowest BCUT2D eigenvalue weighted by atomic mass is 10.0. The summed E-state index contributed by atoms with van der Waals surface area (Å²) in [5.74, 6) is -0.553. The quantitative estimate of drug-likeness (QED) is 0.353. The predicted molar refractivity (Wildman–Crippen MR) is 111 cm³/mol. The van der Waals surface area contributed by atoms with E-state index in [4.69, 9.17) is 10.3 Å². The highest BCUT2D eigenvalue weighted by molar-refractivity contribution is 5.96. The molecule has 1 fully saturated rings. The first-order valence-corrected chi connectivity index (χ1v) is 9.57. The molecule has 8 nitrogen and oxygen atoms in total. The number of carbonyl (C=O) groups excluding carboxylic acids is 2. The summed E-state index contributed by atoms with van der Waals surface area (Å²) >= 11 is 0. The fourth-order valence-corrected chi connectivity index (χ4v) is 3.64. The first kappa shape index (κ1) is 19.4. The zero-order chi connectivity index (χ0) is 20.9. The van der Waals surface area contributed by atoms with Crippen LogP contribution in [0.25, 0.3) is 21.3 Å². The zero-order valence-corrected chi connectivity index (χ0v) is 16.1. The van der Waals surface area contributed by atoms with Crippen molar-refractivity contribution in [2.45, 2.75) is 24.9 Å². The van der Waals surface area contributed by atoms with E-state index in [0.29, 0.717) is 6.42 Å². The van der Waals surface area contributed by atoms with Gasteiger partial charge in [-0.2, -0.15) is 0 Å². The fraction of sp³-hybridized carbons (Fsp3) is 0.227. The van der Waals surface area contributed by atoms with Crippen LogP contribution in [-0.2, 0) is 22.4 Å². The number of pyridine rings is 1. The Morgan fingerprint density at radius 3 is 2.83 bits per heavy atom. The normalized spacial score (nSPS) is 16.7. The summed E-state index contributed by atoms with van der Waals surface area (Å²) in [5.41, 5.74) is 11.6. The molecule has 2 atom stereocenters. The fourth-order valence-electron chi connectivity index (χ4n) is 3.64. The number of fused-ring (bicyclic) bond motifs is 1. The molecule has 0 N–H and O–H groups in total. The number of hydrogen-bond acceptors (Lipinski definition) is 5. The number of azide groups is 1. The Kier molecular flexibility index (Phi) is 5.59. The van der Waals surface area contributed by atoms with Crippen molar-refractivity contribution in [1.82, 2.24) is 9.88 Å². The molecule has 1 aliphatic heterocycles. The Labute approximate surface area is 172 Å². The van der Waals surface area contributed by atoms with Gasteiger partial charge in [0.05, 0.1) is 11.6 Å². The van der Waals surface area contributed by atoms with Gasteiger partial charge in [-0.05, 0) is 47.7 Å². The predicted octanol–water partition coefficient (Wildman–Crippen LogP) is 4.05. The molecule has 1 saturated heterocycles. The van der Waals surface area contributed by atoms with Gasteiger partial charge in [0.25, 0.3) is 0 Å². The minimum Gasteiger partial charge on any atom is -0.447 e. The van der Waals surface area contributed by atoms with Crippen LogP contribution in [0.15, 0.2) is 72.0 Å². The Morgan fingerprint density at radius 1 is 1.20 bits per heavy atom. The Morgan fingerprint density at radius 2 is 2.03 bits per heavy atom. The van der Waals surface area contributed by atoms with Gasteiger partial charge < -0.3 is 4.74 Å². The number of imide groups is 1. The number of hydrogen-bond donors (Lipinski definition) is 0. The highest BCUT2D eigenvalue weighted by atomic mass is 16.6. The number of nitrogens with zero attached hydrogens (tertiary/aromatic N) is 5. The molecule has 1 aromatic heterocycles. The van der Waals surface area contributed by atoms with Crippen LogP contribution < -0.4 is 0 Å². The van der Waals surface area contributed by atoms with Gasteiger partial charge in [-0.1, -0.05) is 47.6 Å². The maximum Gasteiger partial charge on any atom is 0.416 e. The number of cyclic esters (lactones) is 1. The molecule has 0 unspecified atom stereocenters. The number of amides is 2. The van der Waals surface area contributed by atoms with Gasteiger partial charge in [0.2, 0.25) is 5.91 Å². The highest BCUT2D eigenvalue weighted by Gasteiger charge is 2.40. The second-order valence-corrected chi connectivity index (χ2v) is 7.08. The smallest absolute Gasteiger partial charge is 0.416 e. The third-order valence-corrected chi connectivity index (χ3v) is 5.09. The van der Waals surface area contributed by atoms with Crippen LogP contribution in [-0.4, -0.2) is 40.6 Å². The summed E-state index contributed by atoms with van der Waals surface area (Å²) in [6.07, 6.45) is 1.65. The molecule has 3 aromatic rings. The highest BCUT2D eigenvalue weighted by Crippen LogP contribution is 2.22. The summed E-state index contributed by atoms with van der Waals surface area (Å²) in [4.78, 5) is 33.7. The van der Waals surface area contributed by atoms with Crippen LogP contribution in [0.1, 0.15) is 11.1 Å². The van der Waals surface area contributed by atoms with Crippen LogP contribution in [0.5, 0.6) is 0 Å². The van der Waals surface area contributed by atoms with E-state index in [1.807, 2.05) is 60.7 Å². The Balaban J connectivity index is 1.56. The second-order valence-electron chi connectivity index (χ2n) is 7.08. The van der Waals surface area contributed by atoms with Crippen LogP contribution in [0.4, 0.5) is 4.79 Å². The molecule has 0 spiro atoms. The summed E-state index contributed by atoms with van der Waals surface area (Å²) < 4.78 is 5.13. The monoisotopic (exact) mass is 401 g/mol. The zero-order valence-electron chi connectivity index (χ0n) is 16.1. The van der Waals surface area contributed by atoms with Crippen LogP contribution in [0, 0.1) is 0 Å². The van der Waals surface area contributed by atoms with Gasteiger partial charge >= 0.3 is 6.09 Å². The van der Waals surface area contributed by atoms with Crippen molar-refractivity contribution in [3.05, 3.63) is 88.4 Å². The average molecular weight is 401 g/mol. The van der Waals surface area contributed by atoms with E-state index < -0.39 is 24.1 Å². The molecule has 8 heteroatoms. The molecule has 1 aliphatic rings.